The molecule has 3 heterocycles. The van der Waals surface area contributed by atoms with Crippen molar-refractivity contribution in [1.29, 1.82) is 0 Å². The molecule has 11 nitrogen and oxygen atoms in total. The van der Waals surface area contributed by atoms with Gasteiger partial charge in [-0.3, -0.25) is 9.59 Å². The lowest BCUT2D eigenvalue weighted by Gasteiger charge is -2.30. The number of esters is 1. The molecule has 6 rings (SSSR count). The molecule has 3 amide bonds. The van der Waals surface area contributed by atoms with E-state index in [9.17, 15) is 19.2 Å². The van der Waals surface area contributed by atoms with Crippen molar-refractivity contribution in [3.05, 3.63) is 71.2 Å². The molecule has 2 fully saturated rings. The van der Waals surface area contributed by atoms with Gasteiger partial charge >= 0.3 is 12.1 Å². The van der Waals surface area contributed by atoms with Crippen molar-refractivity contribution in [3.8, 4) is 17.0 Å². The summed E-state index contributed by atoms with van der Waals surface area (Å²) in [6.45, 7) is 7.24. The Morgan fingerprint density at radius 3 is 2.65 bits per heavy atom. The number of nitrogens with one attached hydrogen (secondary N) is 2. The highest BCUT2D eigenvalue weighted by Gasteiger charge is 2.62. The molecule has 276 valence electrons. The maximum Gasteiger partial charge on any atom is 0.408 e. The molecule has 0 spiro atoms. The predicted molar refractivity (Wildman–Crippen MR) is 200 cm³/mol. The Bertz CT molecular complexity index is 1860. The molecule has 52 heavy (non-hydrogen) atoms. The van der Waals surface area contributed by atoms with Gasteiger partial charge in [-0.2, -0.15) is 0 Å². The van der Waals surface area contributed by atoms with Crippen molar-refractivity contribution < 1.29 is 33.4 Å². The minimum absolute atomic E-state index is 0.0611. The van der Waals surface area contributed by atoms with Crippen molar-refractivity contribution in [3.63, 3.8) is 0 Å². The van der Waals surface area contributed by atoms with Gasteiger partial charge in [-0.1, -0.05) is 71.3 Å². The lowest BCUT2D eigenvalue weighted by atomic mass is 10.0. The van der Waals surface area contributed by atoms with Gasteiger partial charge in [0.1, 0.15) is 29.3 Å². The Morgan fingerprint density at radius 2 is 1.88 bits per heavy atom. The van der Waals surface area contributed by atoms with Crippen LogP contribution in [0.5, 0.6) is 5.88 Å². The Labute approximate surface area is 313 Å². The van der Waals surface area contributed by atoms with Gasteiger partial charge in [0.15, 0.2) is 0 Å². The van der Waals surface area contributed by atoms with Crippen molar-refractivity contribution in [2.24, 2.45) is 5.92 Å². The van der Waals surface area contributed by atoms with Crippen molar-refractivity contribution in [1.82, 2.24) is 20.5 Å². The summed E-state index contributed by atoms with van der Waals surface area (Å²) in [5.41, 5.74) is 0.409. The first-order valence-corrected chi connectivity index (χ1v) is 18.9. The number of fused-ring (bicyclic) bond motifs is 3. The average molecular weight is 776 g/mol. The number of alkyl carbamates (subject to hydrolysis) is 1. The second kappa shape index (κ2) is 15.7. The second-order valence-corrected chi connectivity index (χ2v) is 15.7. The van der Waals surface area contributed by atoms with Crippen molar-refractivity contribution in [2.75, 3.05) is 13.2 Å². The van der Waals surface area contributed by atoms with Crippen molar-refractivity contribution in [2.45, 2.75) is 102 Å². The molecule has 1 aliphatic carbocycles. The molecule has 0 bridgehead atoms. The van der Waals surface area contributed by atoms with Crippen LogP contribution in [0, 0.1) is 5.92 Å². The fourth-order valence-corrected chi connectivity index (χ4v) is 7.45. The summed E-state index contributed by atoms with van der Waals surface area (Å²) in [5, 5.41) is 6.74. The van der Waals surface area contributed by atoms with Crippen LogP contribution in [0.2, 0.25) is 0 Å². The molecule has 2 N–H and O–H groups in total. The second-order valence-electron chi connectivity index (χ2n) is 14.8. The molecule has 5 unspecified atom stereocenters. The molecule has 3 aromatic rings. The monoisotopic (exact) mass is 774 g/mol. The molecule has 12 heteroatoms. The van der Waals surface area contributed by atoms with Crippen LogP contribution in [-0.4, -0.2) is 76.2 Å². The van der Waals surface area contributed by atoms with Crippen LogP contribution in [0.4, 0.5) is 4.79 Å². The highest BCUT2D eigenvalue weighted by atomic mass is 79.9. The van der Waals surface area contributed by atoms with Crippen LogP contribution in [0.3, 0.4) is 0 Å². The van der Waals surface area contributed by atoms with Gasteiger partial charge in [0.2, 0.25) is 17.7 Å². The molecular formula is C40H47BrN4O7. The summed E-state index contributed by atoms with van der Waals surface area (Å²) < 4.78 is 18.5. The van der Waals surface area contributed by atoms with E-state index < -0.39 is 53.2 Å². The van der Waals surface area contributed by atoms with Crippen LogP contribution >= 0.6 is 15.9 Å². The predicted octanol–water partition coefficient (Wildman–Crippen LogP) is 6.86. The summed E-state index contributed by atoms with van der Waals surface area (Å²) in [5.74, 6) is -1.23. The van der Waals surface area contributed by atoms with Gasteiger partial charge in [0.05, 0.1) is 18.7 Å². The van der Waals surface area contributed by atoms with Crippen molar-refractivity contribution >= 4 is 50.7 Å². The van der Waals surface area contributed by atoms with Crippen LogP contribution in [0.25, 0.3) is 22.0 Å². The summed E-state index contributed by atoms with van der Waals surface area (Å²) in [6, 6.07) is 15.7. The zero-order chi connectivity index (χ0) is 37.0. The summed E-state index contributed by atoms with van der Waals surface area (Å²) in [6.07, 6.45) is 6.79. The third kappa shape index (κ3) is 8.60. The first-order valence-electron chi connectivity index (χ1n) is 18.1. The van der Waals surface area contributed by atoms with E-state index in [2.05, 4.69) is 26.6 Å². The van der Waals surface area contributed by atoms with E-state index in [4.69, 9.17) is 19.2 Å². The van der Waals surface area contributed by atoms with Gasteiger partial charge in [0, 0.05) is 27.8 Å². The molecule has 0 radical (unpaired) electrons. The Balaban J connectivity index is 1.35. The fourth-order valence-electron chi connectivity index (χ4n) is 7.05. The van der Waals surface area contributed by atoms with E-state index >= 15 is 0 Å². The van der Waals surface area contributed by atoms with Gasteiger partial charge in [-0.05, 0) is 83.2 Å². The SMILES string of the molecule is CCOC(=O)C12CC1C=CCCCCCC(NC(=O)OC(C)(C)C)C(=O)N1CC(Oc3nc4ccccc4cc3-c3cccc(Br)c3)CC1C(=O)N2. The smallest absolute Gasteiger partial charge is 0.408 e. The minimum Gasteiger partial charge on any atom is -0.472 e. The number of carbonyl (C=O) groups is 4. The average Bonchev–Trinajstić information content (AvgIpc) is 3.62. The molecule has 1 aromatic heterocycles. The molecule has 2 aromatic carbocycles. The van der Waals surface area contributed by atoms with E-state index in [1.54, 1.807) is 27.7 Å². The maximum absolute atomic E-state index is 14.5. The lowest BCUT2D eigenvalue weighted by molar-refractivity contribution is -0.150. The molecule has 1 saturated carbocycles. The summed E-state index contributed by atoms with van der Waals surface area (Å²) in [7, 11) is 0. The quantitative estimate of drug-likeness (QED) is 0.205. The number of hydrogen-bond donors (Lipinski definition) is 2. The maximum atomic E-state index is 14.5. The molecular weight excluding hydrogens is 728 g/mol. The zero-order valence-electron chi connectivity index (χ0n) is 30.2. The Kier molecular flexibility index (Phi) is 11.2. The minimum atomic E-state index is -1.21. The number of hydrogen-bond acceptors (Lipinski definition) is 8. The zero-order valence-corrected chi connectivity index (χ0v) is 31.7. The van der Waals surface area contributed by atoms with Gasteiger partial charge < -0.3 is 29.7 Å². The first kappa shape index (κ1) is 37.3. The summed E-state index contributed by atoms with van der Waals surface area (Å²) >= 11 is 3.57. The van der Waals surface area contributed by atoms with E-state index in [0.717, 1.165) is 45.8 Å². The number of rotatable bonds is 6. The number of ether oxygens (including phenoxy) is 3. The van der Waals surface area contributed by atoms with Crippen LogP contribution in [-0.2, 0) is 23.9 Å². The number of allylic oxidation sites excluding steroid dienone is 1. The van der Waals surface area contributed by atoms with Gasteiger partial charge in [-0.15, -0.1) is 0 Å². The van der Waals surface area contributed by atoms with Crippen LogP contribution in [0.15, 0.2) is 71.2 Å². The van der Waals surface area contributed by atoms with Gasteiger partial charge in [-0.25, -0.2) is 14.6 Å². The van der Waals surface area contributed by atoms with Crippen LogP contribution in [0.1, 0.15) is 72.6 Å². The number of aromatic nitrogens is 1. The molecule has 2 aliphatic heterocycles. The molecule has 3 aliphatic rings. The van der Waals surface area contributed by atoms with E-state index in [1.807, 2.05) is 66.7 Å². The number of halogens is 1. The van der Waals surface area contributed by atoms with E-state index in [1.165, 1.54) is 4.90 Å². The number of pyridine rings is 1. The lowest BCUT2D eigenvalue weighted by Crippen LogP contribution is -2.56. The third-order valence-electron chi connectivity index (χ3n) is 9.67. The van der Waals surface area contributed by atoms with Gasteiger partial charge in [0.25, 0.3) is 0 Å². The highest BCUT2D eigenvalue weighted by molar-refractivity contribution is 9.10. The standard InChI is InChI=1S/C40H47BrN4O7/c1-5-50-37(48)40-23-27(40)16-9-7-6-8-10-19-32(43-38(49)52-39(2,3)4)36(47)45-24-29(22-33(45)34(46)44-40)51-35-30(25-15-13-17-28(41)20-25)21-26-14-11-12-18-31(26)42-35/h9,11-18,20-21,27,29,32-33H,5-8,10,19,22-24H2,1-4H3,(H,43,49)(H,44,46). The number of nitrogens with zero attached hydrogens (tertiary/aromatic N) is 2. The van der Waals surface area contributed by atoms with E-state index in [0.29, 0.717) is 25.1 Å². The Morgan fingerprint density at radius 1 is 1.08 bits per heavy atom. The number of benzene rings is 2. The molecule has 1 saturated heterocycles. The Hall–Kier alpha value is -4.45. The van der Waals surface area contributed by atoms with Crippen LogP contribution < -0.4 is 15.4 Å². The fraction of sp³-hybridized carbons (Fsp3) is 0.475. The summed E-state index contributed by atoms with van der Waals surface area (Å²) in [4.78, 5) is 61.5. The number of para-hydroxylation sites is 1. The largest absolute Gasteiger partial charge is 0.472 e. The van der Waals surface area contributed by atoms with E-state index in [-0.39, 0.29) is 25.5 Å². The number of amides is 3. The molecule has 5 atom stereocenters. The third-order valence-corrected chi connectivity index (χ3v) is 10.2. The normalized spacial score (nSPS) is 25.2. The first-order chi connectivity index (χ1) is 24.9. The highest BCUT2D eigenvalue weighted by Crippen LogP contribution is 2.46. The number of carbonyl (C=O) groups excluding carboxylic acids is 4. The topological polar surface area (TPSA) is 136 Å².